The predicted octanol–water partition coefficient (Wildman–Crippen LogP) is 2.38. The number of hydrogen-bond acceptors (Lipinski definition) is 4. The lowest BCUT2D eigenvalue weighted by Gasteiger charge is -2.11. The molecule has 0 radical (unpaired) electrons. The Kier molecular flexibility index (Phi) is 6.04. The molecule has 2 rings (SSSR count). The molecule has 1 fully saturated rings. The van der Waals surface area contributed by atoms with Crippen molar-refractivity contribution < 1.29 is 5.11 Å². The van der Waals surface area contributed by atoms with E-state index >= 15 is 0 Å². The summed E-state index contributed by atoms with van der Waals surface area (Å²) in [5.74, 6) is 0.899. The van der Waals surface area contributed by atoms with Crippen LogP contribution in [0.4, 0.5) is 5.69 Å². The van der Waals surface area contributed by atoms with Gasteiger partial charge in [0.05, 0.1) is 25.0 Å². The Morgan fingerprint density at radius 3 is 2.90 bits per heavy atom. The van der Waals surface area contributed by atoms with Gasteiger partial charge in [0, 0.05) is 6.54 Å². The molecule has 1 heterocycles. The van der Waals surface area contributed by atoms with Crippen LogP contribution in [-0.4, -0.2) is 28.0 Å². The minimum atomic E-state index is -0.208. The van der Waals surface area contributed by atoms with Crippen LogP contribution in [0.1, 0.15) is 38.5 Å². The standard InChI is InChI=1S/C14H22BrN3O2/c15-13-12(10-17-18(8-9-19)14(13)20)16-7-3-6-11-4-1-2-5-11/h10-11,16,19H,1-9H2. The molecule has 1 aromatic rings. The van der Waals surface area contributed by atoms with Gasteiger partial charge in [0.25, 0.3) is 5.56 Å². The zero-order valence-electron chi connectivity index (χ0n) is 11.6. The van der Waals surface area contributed by atoms with Crippen molar-refractivity contribution in [2.45, 2.75) is 45.1 Å². The van der Waals surface area contributed by atoms with Gasteiger partial charge in [0.15, 0.2) is 0 Å². The van der Waals surface area contributed by atoms with E-state index in [1.807, 2.05) is 0 Å². The highest BCUT2D eigenvalue weighted by atomic mass is 79.9. The van der Waals surface area contributed by atoms with E-state index in [2.05, 4.69) is 26.3 Å². The molecule has 5 nitrogen and oxygen atoms in total. The second-order valence-corrected chi connectivity index (χ2v) is 6.14. The SMILES string of the molecule is O=c1c(Br)c(NCCCC2CCCC2)cnn1CCO. The molecule has 0 bridgehead atoms. The maximum absolute atomic E-state index is 11.9. The zero-order valence-corrected chi connectivity index (χ0v) is 13.2. The summed E-state index contributed by atoms with van der Waals surface area (Å²) in [6, 6.07) is 0. The van der Waals surface area contributed by atoms with Crippen molar-refractivity contribution in [3.05, 3.63) is 21.0 Å². The van der Waals surface area contributed by atoms with E-state index < -0.39 is 0 Å². The summed E-state index contributed by atoms with van der Waals surface area (Å²) in [5, 5.41) is 16.1. The molecule has 0 aromatic carbocycles. The van der Waals surface area contributed by atoms with Gasteiger partial charge in [-0.3, -0.25) is 4.79 Å². The number of anilines is 1. The monoisotopic (exact) mass is 343 g/mol. The van der Waals surface area contributed by atoms with Gasteiger partial charge in [-0.05, 0) is 34.7 Å². The lowest BCUT2D eigenvalue weighted by molar-refractivity contribution is 0.266. The van der Waals surface area contributed by atoms with Gasteiger partial charge < -0.3 is 10.4 Å². The van der Waals surface area contributed by atoms with Crippen LogP contribution < -0.4 is 10.9 Å². The molecule has 1 aliphatic carbocycles. The minimum absolute atomic E-state index is 0.0898. The summed E-state index contributed by atoms with van der Waals surface area (Å²) in [4.78, 5) is 11.9. The fourth-order valence-corrected chi connectivity index (χ4v) is 3.20. The molecule has 112 valence electrons. The van der Waals surface area contributed by atoms with Crippen LogP contribution in [0.2, 0.25) is 0 Å². The zero-order chi connectivity index (χ0) is 14.4. The van der Waals surface area contributed by atoms with Gasteiger partial charge in [-0.2, -0.15) is 5.10 Å². The second kappa shape index (κ2) is 7.78. The normalized spacial score (nSPS) is 15.7. The summed E-state index contributed by atoms with van der Waals surface area (Å²) >= 11 is 3.30. The lowest BCUT2D eigenvalue weighted by Crippen LogP contribution is -2.26. The van der Waals surface area contributed by atoms with Crippen molar-refractivity contribution in [3.63, 3.8) is 0 Å². The van der Waals surface area contributed by atoms with E-state index in [0.29, 0.717) is 4.47 Å². The van der Waals surface area contributed by atoms with Gasteiger partial charge in [-0.1, -0.05) is 25.7 Å². The Labute approximate surface area is 127 Å². The molecular weight excluding hydrogens is 322 g/mol. The van der Waals surface area contributed by atoms with Crippen molar-refractivity contribution in [1.29, 1.82) is 0 Å². The van der Waals surface area contributed by atoms with E-state index in [-0.39, 0.29) is 18.7 Å². The van der Waals surface area contributed by atoms with Crippen molar-refractivity contribution in [2.24, 2.45) is 5.92 Å². The number of halogens is 1. The van der Waals surface area contributed by atoms with Crippen molar-refractivity contribution in [2.75, 3.05) is 18.5 Å². The average Bonchev–Trinajstić information content (AvgIpc) is 2.95. The van der Waals surface area contributed by atoms with Crippen LogP contribution in [0.15, 0.2) is 15.5 Å². The van der Waals surface area contributed by atoms with Crippen molar-refractivity contribution in [1.82, 2.24) is 9.78 Å². The molecule has 2 N–H and O–H groups in total. The Bertz CT molecular complexity index is 484. The molecule has 1 aromatic heterocycles. The number of aliphatic hydroxyl groups excluding tert-OH is 1. The van der Waals surface area contributed by atoms with Gasteiger partial charge in [0.2, 0.25) is 0 Å². The smallest absolute Gasteiger partial charge is 0.283 e. The van der Waals surface area contributed by atoms with Crippen LogP contribution in [0.5, 0.6) is 0 Å². The van der Waals surface area contributed by atoms with E-state index in [4.69, 9.17) is 5.11 Å². The first-order valence-electron chi connectivity index (χ1n) is 7.32. The summed E-state index contributed by atoms with van der Waals surface area (Å²) in [6.07, 6.45) is 9.55. The third-order valence-corrected chi connectivity index (χ3v) is 4.64. The maximum Gasteiger partial charge on any atom is 0.283 e. The van der Waals surface area contributed by atoms with Crippen molar-refractivity contribution in [3.8, 4) is 0 Å². The number of nitrogens with one attached hydrogen (secondary N) is 1. The van der Waals surface area contributed by atoms with E-state index in [1.165, 1.54) is 36.8 Å². The molecule has 6 heteroatoms. The molecule has 20 heavy (non-hydrogen) atoms. The number of aliphatic hydroxyl groups is 1. The number of hydrogen-bond donors (Lipinski definition) is 2. The Morgan fingerprint density at radius 2 is 2.20 bits per heavy atom. The highest BCUT2D eigenvalue weighted by Crippen LogP contribution is 2.28. The summed E-state index contributed by atoms with van der Waals surface area (Å²) in [7, 11) is 0. The molecule has 0 atom stereocenters. The molecule has 1 saturated carbocycles. The molecule has 0 saturated heterocycles. The quantitative estimate of drug-likeness (QED) is 0.746. The van der Waals surface area contributed by atoms with E-state index in [1.54, 1.807) is 6.20 Å². The molecule has 0 spiro atoms. The minimum Gasteiger partial charge on any atom is -0.394 e. The van der Waals surface area contributed by atoms with Gasteiger partial charge in [-0.15, -0.1) is 0 Å². The number of rotatable bonds is 7. The second-order valence-electron chi connectivity index (χ2n) is 5.34. The van der Waals surface area contributed by atoms with Crippen molar-refractivity contribution >= 4 is 21.6 Å². The molecule has 0 unspecified atom stereocenters. The topological polar surface area (TPSA) is 67.2 Å². The van der Waals surface area contributed by atoms with E-state index in [9.17, 15) is 4.79 Å². The molecule has 0 amide bonds. The van der Waals surface area contributed by atoms with Gasteiger partial charge in [-0.25, -0.2) is 4.68 Å². The highest BCUT2D eigenvalue weighted by molar-refractivity contribution is 9.10. The molecular formula is C14H22BrN3O2. The highest BCUT2D eigenvalue weighted by Gasteiger charge is 2.14. The Morgan fingerprint density at radius 1 is 1.45 bits per heavy atom. The first kappa shape index (κ1) is 15.5. The van der Waals surface area contributed by atoms with Gasteiger partial charge in [0.1, 0.15) is 4.47 Å². The third-order valence-electron chi connectivity index (χ3n) is 3.88. The average molecular weight is 344 g/mol. The van der Waals surface area contributed by atoms with Crippen LogP contribution in [0, 0.1) is 5.92 Å². The number of aromatic nitrogens is 2. The Balaban J connectivity index is 1.83. The summed E-state index contributed by atoms with van der Waals surface area (Å²) < 4.78 is 1.75. The third kappa shape index (κ3) is 4.06. The summed E-state index contributed by atoms with van der Waals surface area (Å²) in [5.41, 5.74) is 0.524. The molecule has 0 aliphatic heterocycles. The lowest BCUT2D eigenvalue weighted by atomic mass is 10.0. The predicted molar refractivity (Wildman–Crippen MR) is 83.0 cm³/mol. The van der Waals surface area contributed by atoms with Crippen LogP contribution in [-0.2, 0) is 6.54 Å². The van der Waals surface area contributed by atoms with Crippen LogP contribution >= 0.6 is 15.9 Å². The summed E-state index contributed by atoms with van der Waals surface area (Å²) in [6.45, 7) is 0.993. The molecule has 1 aliphatic rings. The largest absolute Gasteiger partial charge is 0.394 e. The van der Waals surface area contributed by atoms with Crippen LogP contribution in [0.25, 0.3) is 0 Å². The first-order valence-corrected chi connectivity index (χ1v) is 8.12. The van der Waals surface area contributed by atoms with E-state index in [0.717, 1.165) is 24.6 Å². The van der Waals surface area contributed by atoms with Crippen LogP contribution in [0.3, 0.4) is 0 Å². The first-order chi connectivity index (χ1) is 9.72. The maximum atomic E-state index is 11.9. The van der Waals surface area contributed by atoms with Gasteiger partial charge >= 0.3 is 0 Å². The number of nitrogens with zero attached hydrogens (tertiary/aromatic N) is 2. The Hall–Kier alpha value is -0.880. The fourth-order valence-electron chi connectivity index (χ4n) is 2.76. The fraction of sp³-hybridized carbons (Fsp3) is 0.714.